The summed E-state index contributed by atoms with van der Waals surface area (Å²) in [5, 5.41) is 0. The summed E-state index contributed by atoms with van der Waals surface area (Å²) in [7, 11) is 3.96. The van der Waals surface area contributed by atoms with Gasteiger partial charge in [0.1, 0.15) is 0 Å². The highest BCUT2D eigenvalue weighted by atomic mass is 79.9. The van der Waals surface area contributed by atoms with Crippen molar-refractivity contribution < 1.29 is 9.53 Å². The Bertz CT molecular complexity index is 1510. The van der Waals surface area contributed by atoms with Crippen molar-refractivity contribution in [3.8, 4) is 0 Å². The van der Waals surface area contributed by atoms with E-state index in [2.05, 4.69) is 46.9 Å². The van der Waals surface area contributed by atoms with Gasteiger partial charge in [-0.2, -0.15) is 0 Å². The molecule has 0 spiro atoms. The number of esters is 1. The summed E-state index contributed by atoms with van der Waals surface area (Å²) in [6.45, 7) is 8.09. The zero-order chi connectivity index (χ0) is 26.1. The number of nitrogens with zero attached hydrogens (tertiary/aromatic N) is 3. The van der Waals surface area contributed by atoms with E-state index in [-0.39, 0.29) is 12.2 Å². The summed E-state index contributed by atoms with van der Waals surface area (Å²) < 4.78 is 8.51. The van der Waals surface area contributed by atoms with Crippen LogP contribution in [-0.4, -0.2) is 31.2 Å². The minimum absolute atomic E-state index is 0.182. The number of anilines is 1. The Labute approximate surface area is 223 Å². The van der Waals surface area contributed by atoms with Crippen LogP contribution in [0, 0.1) is 0 Å². The number of aromatic nitrogens is 1. The number of hydrogen-bond donors (Lipinski definition) is 0. The number of allylic oxidation sites excluding steroid dienone is 1. The number of hydrogen-bond acceptors (Lipinski definition) is 6. The minimum Gasteiger partial charge on any atom is -0.463 e. The molecule has 0 fully saturated rings. The lowest BCUT2D eigenvalue weighted by atomic mass is 9.93. The fourth-order valence-electron chi connectivity index (χ4n) is 4.30. The number of benzene rings is 2. The van der Waals surface area contributed by atoms with Crippen molar-refractivity contribution in [1.29, 1.82) is 0 Å². The van der Waals surface area contributed by atoms with Crippen molar-refractivity contribution in [2.75, 3.05) is 25.6 Å². The fraction of sp³-hybridized carbons (Fsp3) is 0.321. The molecule has 6 nitrogen and oxygen atoms in total. The molecule has 0 bridgehead atoms. The van der Waals surface area contributed by atoms with Crippen LogP contribution in [0.3, 0.4) is 0 Å². The van der Waals surface area contributed by atoms with Crippen LogP contribution in [0.5, 0.6) is 0 Å². The maximum Gasteiger partial charge on any atom is 0.338 e. The summed E-state index contributed by atoms with van der Waals surface area (Å²) in [5.41, 5.74) is 4.77. The molecule has 1 aliphatic heterocycles. The molecule has 2 heterocycles. The first kappa shape index (κ1) is 26.1. The average Bonchev–Trinajstić information content (AvgIpc) is 3.12. The van der Waals surface area contributed by atoms with Crippen LogP contribution in [0.1, 0.15) is 56.3 Å². The van der Waals surface area contributed by atoms with E-state index in [4.69, 9.17) is 4.74 Å². The molecule has 188 valence electrons. The molecule has 4 rings (SSSR count). The molecule has 1 atom stereocenters. The van der Waals surface area contributed by atoms with Crippen LogP contribution in [-0.2, 0) is 9.53 Å². The second-order valence-corrected chi connectivity index (χ2v) is 11.1. The van der Waals surface area contributed by atoms with Crippen LogP contribution >= 0.6 is 27.3 Å². The van der Waals surface area contributed by atoms with Gasteiger partial charge in [0.05, 0.1) is 34.1 Å². The molecule has 36 heavy (non-hydrogen) atoms. The van der Waals surface area contributed by atoms with E-state index in [1.54, 1.807) is 18.4 Å². The van der Waals surface area contributed by atoms with E-state index >= 15 is 0 Å². The van der Waals surface area contributed by atoms with Crippen molar-refractivity contribution in [2.45, 2.75) is 39.7 Å². The molecule has 0 amide bonds. The molecule has 2 aromatic carbocycles. The number of ether oxygens (including phenoxy) is 1. The Balaban J connectivity index is 1.90. The van der Waals surface area contributed by atoms with Crippen molar-refractivity contribution >= 4 is 45.0 Å². The first-order valence-corrected chi connectivity index (χ1v) is 13.5. The normalized spacial score (nSPS) is 15.7. The van der Waals surface area contributed by atoms with Crippen LogP contribution < -0.4 is 19.8 Å². The largest absolute Gasteiger partial charge is 0.463 e. The highest BCUT2D eigenvalue weighted by molar-refractivity contribution is 9.10. The third-order valence-corrected chi connectivity index (χ3v) is 7.81. The summed E-state index contributed by atoms with van der Waals surface area (Å²) in [6.07, 6.45) is 1.87. The van der Waals surface area contributed by atoms with Gasteiger partial charge in [-0.05, 0) is 70.6 Å². The summed E-state index contributed by atoms with van der Waals surface area (Å²) in [6, 6.07) is 13.5. The zero-order valence-corrected chi connectivity index (χ0v) is 23.7. The van der Waals surface area contributed by atoms with Gasteiger partial charge in [-0.1, -0.05) is 55.5 Å². The Kier molecular flexibility index (Phi) is 7.66. The first-order chi connectivity index (χ1) is 17.1. The standard InChI is InChI=1S/C28H30BrN3O3S/c1-7-35-27(34)24-17(4)30-28-32(25(24)20-11-9-19(10-12-20)16(2)3)26(33)23(36-28)15-18-8-13-22(31(5)6)21(29)14-18/h8-16,25H,7H2,1-6H3/b23-15-/t25-/m0/s1. The number of carbonyl (C=O) groups excluding carboxylic acids is 1. The predicted molar refractivity (Wildman–Crippen MR) is 149 cm³/mol. The van der Waals surface area contributed by atoms with Gasteiger partial charge >= 0.3 is 5.97 Å². The Morgan fingerprint density at radius 3 is 2.50 bits per heavy atom. The maximum absolute atomic E-state index is 13.8. The van der Waals surface area contributed by atoms with Crippen LogP contribution in [0.4, 0.5) is 5.69 Å². The average molecular weight is 569 g/mol. The number of halogens is 1. The number of fused-ring (bicyclic) bond motifs is 1. The third kappa shape index (κ3) is 4.97. The molecule has 0 saturated carbocycles. The molecule has 3 aromatic rings. The van der Waals surface area contributed by atoms with Crippen molar-refractivity contribution in [3.05, 3.63) is 94.6 Å². The highest BCUT2D eigenvalue weighted by Gasteiger charge is 2.33. The minimum atomic E-state index is -0.605. The van der Waals surface area contributed by atoms with Gasteiger partial charge in [0, 0.05) is 18.6 Å². The van der Waals surface area contributed by atoms with Gasteiger partial charge in [0.2, 0.25) is 0 Å². The van der Waals surface area contributed by atoms with Crippen LogP contribution in [0.15, 0.2) is 68.0 Å². The molecular weight excluding hydrogens is 538 g/mol. The summed E-state index contributed by atoms with van der Waals surface area (Å²) >= 11 is 4.95. The van der Waals surface area contributed by atoms with E-state index < -0.39 is 12.0 Å². The molecule has 1 aromatic heterocycles. The Morgan fingerprint density at radius 2 is 1.92 bits per heavy atom. The molecule has 8 heteroatoms. The van der Waals surface area contributed by atoms with Gasteiger partial charge < -0.3 is 9.64 Å². The fourth-order valence-corrected chi connectivity index (χ4v) is 6.09. The molecule has 0 N–H and O–H groups in total. The van der Waals surface area contributed by atoms with Crippen LogP contribution in [0.25, 0.3) is 6.08 Å². The molecule has 0 aliphatic carbocycles. The van der Waals surface area contributed by atoms with E-state index in [1.165, 1.54) is 16.9 Å². The van der Waals surface area contributed by atoms with E-state index in [1.807, 2.05) is 55.4 Å². The molecule has 0 saturated heterocycles. The SMILES string of the molecule is CCOC(=O)C1=C(C)N=c2s/c(=C\c3ccc(N(C)C)c(Br)c3)c(=O)n2[C@H]1c1ccc(C(C)C)cc1. The van der Waals surface area contributed by atoms with E-state index in [0.717, 1.165) is 21.3 Å². The van der Waals surface area contributed by atoms with Crippen molar-refractivity contribution in [3.63, 3.8) is 0 Å². The van der Waals surface area contributed by atoms with E-state index in [9.17, 15) is 9.59 Å². The second kappa shape index (κ2) is 10.6. The van der Waals surface area contributed by atoms with Gasteiger partial charge in [-0.15, -0.1) is 0 Å². The number of carbonyl (C=O) groups is 1. The molecule has 0 unspecified atom stereocenters. The monoisotopic (exact) mass is 567 g/mol. The summed E-state index contributed by atoms with van der Waals surface area (Å²) in [5.74, 6) is -0.0739. The second-order valence-electron chi connectivity index (χ2n) is 9.23. The van der Waals surface area contributed by atoms with Gasteiger partial charge in [0.15, 0.2) is 4.80 Å². The lowest BCUT2D eigenvalue weighted by molar-refractivity contribution is -0.139. The highest BCUT2D eigenvalue weighted by Crippen LogP contribution is 2.31. The first-order valence-electron chi connectivity index (χ1n) is 11.9. The Morgan fingerprint density at radius 1 is 1.22 bits per heavy atom. The topological polar surface area (TPSA) is 63.9 Å². The Hall–Kier alpha value is -2.97. The third-order valence-electron chi connectivity index (χ3n) is 6.19. The lowest BCUT2D eigenvalue weighted by Crippen LogP contribution is -2.39. The number of rotatable bonds is 6. The molecule has 1 aliphatic rings. The zero-order valence-electron chi connectivity index (χ0n) is 21.3. The van der Waals surface area contributed by atoms with Crippen molar-refractivity contribution in [1.82, 2.24) is 4.57 Å². The number of thiazole rings is 1. The van der Waals surface area contributed by atoms with Gasteiger partial charge in [-0.25, -0.2) is 9.79 Å². The van der Waals surface area contributed by atoms with E-state index in [0.29, 0.717) is 26.5 Å². The summed E-state index contributed by atoms with van der Waals surface area (Å²) in [4.78, 5) is 34.0. The predicted octanol–water partition coefficient (Wildman–Crippen LogP) is 4.75. The maximum atomic E-state index is 13.8. The smallest absolute Gasteiger partial charge is 0.338 e. The molecule has 0 radical (unpaired) electrons. The van der Waals surface area contributed by atoms with Crippen LogP contribution in [0.2, 0.25) is 0 Å². The van der Waals surface area contributed by atoms with Gasteiger partial charge in [-0.3, -0.25) is 9.36 Å². The lowest BCUT2D eigenvalue weighted by Gasteiger charge is -2.25. The molecular formula is C28H30BrN3O3S. The quantitative estimate of drug-likeness (QED) is 0.403. The van der Waals surface area contributed by atoms with Gasteiger partial charge in [0.25, 0.3) is 5.56 Å². The van der Waals surface area contributed by atoms with Crippen molar-refractivity contribution in [2.24, 2.45) is 4.99 Å².